The monoisotopic (exact) mass is 270 g/mol. The molecule has 0 spiro atoms. The van der Waals surface area contributed by atoms with Gasteiger partial charge in [0.05, 0.1) is 6.04 Å². The van der Waals surface area contributed by atoms with E-state index in [9.17, 15) is 4.39 Å². The molecule has 1 aromatic rings. The Labute approximate surface area is 113 Å². The van der Waals surface area contributed by atoms with Crippen molar-refractivity contribution in [2.75, 3.05) is 13.1 Å². The summed E-state index contributed by atoms with van der Waals surface area (Å²) in [4.78, 5) is 2.24. The number of hydrogen-bond donors (Lipinski definition) is 1. The Morgan fingerprint density at radius 3 is 2.89 bits per heavy atom. The predicted molar refractivity (Wildman–Crippen MR) is 73.2 cm³/mol. The molecule has 0 bridgehead atoms. The van der Waals surface area contributed by atoms with Crippen molar-refractivity contribution in [2.24, 2.45) is 5.73 Å². The topological polar surface area (TPSA) is 29.3 Å². The Bertz CT molecular complexity index is 391. The van der Waals surface area contributed by atoms with E-state index in [0.717, 1.165) is 32.4 Å². The lowest BCUT2D eigenvalue weighted by Crippen LogP contribution is -2.40. The van der Waals surface area contributed by atoms with Gasteiger partial charge in [-0.1, -0.05) is 31.0 Å². The zero-order valence-corrected chi connectivity index (χ0v) is 11.5. The standard InChI is InChI=1S/C14H20ClFN2/c1-2-18-9-4-3-8-12(17)14(18)13-10(15)6-5-7-11(13)16/h5-7,12,14H,2-4,8-9,17H2,1H3. The zero-order valence-electron chi connectivity index (χ0n) is 10.7. The van der Waals surface area contributed by atoms with Crippen LogP contribution in [0.25, 0.3) is 0 Å². The summed E-state index contributed by atoms with van der Waals surface area (Å²) in [5.74, 6) is -0.247. The zero-order chi connectivity index (χ0) is 13.1. The average Bonchev–Trinajstić information content (AvgIpc) is 2.52. The normalized spacial score (nSPS) is 26.0. The van der Waals surface area contributed by atoms with Gasteiger partial charge in [-0.25, -0.2) is 4.39 Å². The van der Waals surface area contributed by atoms with Crippen LogP contribution >= 0.6 is 11.6 Å². The van der Waals surface area contributed by atoms with Crippen LogP contribution in [-0.4, -0.2) is 24.0 Å². The number of hydrogen-bond acceptors (Lipinski definition) is 2. The van der Waals surface area contributed by atoms with E-state index in [1.807, 2.05) is 0 Å². The first-order valence-electron chi connectivity index (χ1n) is 6.58. The molecule has 100 valence electrons. The van der Waals surface area contributed by atoms with Gasteiger partial charge < -0.3 is 5.73 Å². The van der Waals surface area contributed by atoms with E-state index in [1.165, 1.54) is 6.07 Å². The molecule has 2 unspecified atom stereocenters. The number of likely N-dealkylation sites (tertiary alicyclic amines) is 1. The van der Waals surface area contributed by atoms with E-state index in [-0.39, 0.29) is 17.9 Å². The molecule has 0 radical (unpaired) electrons. The van der Waals surface area contributed by atoms with Gasteiger partial charge in [0.25, 0.3) is 0 Å². The summed E-state index contributed by atoms with van der Waals surface area (Å²) >= 11 is 6.18. The van der Waals surface area contributed by atoms with Crippen molar-refractivity contribution in [3.05, 3.63) is 34.6 Å². The van der Waals surface area contributed by atoms with Crippen LogP contribution in [0.15, 0.2) is 18.2 Å². The van der Waals surface area contributed by atoms with Crippen LogP contribution in [0.1, 0.15) is 37.8 Å². The third-order valence-corrected chi connectivity index (χ3v) is 4.06. The van der Waals surface area contributed by atoms with Crippen molar-refractivity contribution in [3.63, 3.8) is 0 Å². The first-order chi connectivity index (χ1) is 8.65. The van der Waals surface area contributed by atoms with Crippen LogP contribution in [0.3, 0.4) is 0 Å². The molecule has 4 heteroatoms. The first-order valence-corrected chi connectivity index (χ1v) is 6.96. The maximum Gasteiger partial charge on any atom is 0.129 e. The summed E-state index contributed by atoms with van der Waals surface area (Å²) in [6, 6.07) is 4.69. The van der Waals surface area contributed by atoms with Crippen molar-refractivity contribution in [2.45, 2.75) is 38.3 Å². The molecule has 1 aliphatic heterocycles. The summed E-state index contributed by atoms with van der Waals surface area (Å²) in [6.45, 7) is 3.91. The summed E-state index contributed by atoms with van der Waals surface area (Å²) in [5, 5.41) is 0.482. The van der Waals surface area contributed by atoms with Crippen LogP contribution in [0, 0.1) is 5.82 Å². The molecule has 1 heterocycles. The van der Waals surface area contributed by atoms with Gasteiger partial charge in [-0.15, -0.1) is 0 Å². The Morgan fingerprint density at radius 2 is 2.22 bits per heavy atom. The molecule has 18 heavy (non-hydrogen) atoms. The number of halogens is 2. The highest BCUT2D eigenvalue weighted by Crippen LogP contribution is 2.35. The molecular formula is C14H20ClFN2. The smallest absolute Gasteiger partial charge is 0.129 e. The maximum atomic E-state index is 14.1. The van der Waals surface area contributed by atoms with E-state index < -0.39 is 0 Å². The lowest BCUT2D eigenvalue weighted by atomic mass is 9.95. The third kappa shape index (κ3) is 2.68. The van der Waals surface area contributed by atoms with Crippen LogP contribution in [0.4, 0.5) is 4.39 Å². The molecular weight excluding hydrogens is 251 g/mol. The summed E-state index contributed by atoms with van der Waals surface area (Å²) in [7, 11) is 0. The molecule has 2 nitrogen and oxygen atoms in total. The lowest BCUT2D eigenvalue weighted by Gasteiger charge is -2.33. The van der Waals surface area contributed by atoms with Crippen LogP contribution in [0.5, 0.6) is 0 Å². The van der Waals surface area contributed by atoms with Gasteiger partial charge in [-0.3, -0.25) is 4.90 Å². The Balaban J connectivity index is 2.43. The molecule has 1 saturated heterocycles. The van der Waals surface area contributed by atoms with Crippen molar-refractivity contribution in [1.82, 2.24) is 4.90 Å². The highest BCUT2D eigenvalue weighted by molar-refractivity contribution is 6.31. The number of nitrogens with two attached hydrogens (primary N) is 1. The van der Waals surface area contributed by atoms with Gasteiger partial charge in [0.2, 0.25) is 0 Å². The largest absolute Gasteiger partial charge is 0.326 e. The van der Waals surface area contributed by atoms with Crippen LogP contribution in [0.2, 0.25) is 5.02 Å². The molecule has 0 aliphatic carbocycles. The second kappa shape index (κ2) is 6.00. The highest BCUT2D eigenvalue weighted by atomic mass is 35.5. The molecule has 1 aliphatic rings. The summed E-state index contributed by atoms with van der Waals surface area (Å²) in [6.07, 6.45) is 3.14. The molecule has 2 N–H and O–H groups in total. The first kappa shape index (κ1) is 13.8. The number of rotatable bonds is 2. The lowest BCUT2D eigenvalue weighted by molar-refractivity contribution is 0.191. The van der Waals surface area contributed by atoms with Crippen molar-refractivity contribution < 1.29 is 4.39 Å². The molecule has 1 fully saturated rings. The second-order valence-electron chi connectivity index (χ2n) is 4.87. The number of benzene rings is 1. The average molecular weight is 271 g/mol. The van der Waals surface area contributed by atoms with Gasteiger partial charge in [0.15, 0.2) is 0 Å². The SMILES string of the molecule is CCN1CCCCC(N)C1c1c(F)cccc1Cl. The Morgan fingerprint density at radius 1 is 1.44 bits per heavy atom. The van der Waals surface area contributed by atoms with E-state index in [2.05, 4.69) is 11.8 Å². The van der Waals surface area contributed by atoms with E-state index >= 15 is 0 Å². The number of likely N-dealkylation sites (N-methyl/N-ethyl adjacent to an activating group) is 1. The second-order valence-corrected chi connectivity index (χ2v) is 5.28. The van der Waals surface area contributed by atoms with Crippen LogP contribution in [-0.2, 0) is 0 Å². The summed E-state index contributed by atoms with van der Waals surface area (Å²) < 4.78 is 14.1. The fourth-order valence-corrected chi connectivity index (χ4v) is 3.08. The van der Waals surface area contributed by atoms with Crippen molar-refractivity contribution in [3.8, 4) is 0 Å². The molecule has 2 rings (SSSR count). The number of nitrogens with zero attached hydrogens (tertiary/aromatic N) is 1. The van der Waals surface area contributed by atoms with Crippen molar-refractivity contribution >= 4 is 11.6 Å². The maximum absolute atomic E-state index is 14.1. The Kier molecular flexibility index (Phi) is 4.60. The quantitative estimate of drug-likeness (QED) is 0.893. The predicted octanol–water partition coefficient (Wildman–Crippen LogP) is 3.35. The molecule has 1 aromatic carbocycles. The molecule has 0 saturated carbocycles. The minimum atomic E-state index is -0.247. The van der Waals surface area contributed by atoms with Crippen LogP contribution < -0.4 is 5.73 Å². The Hall–Kier alpha value is -0.640. The minimum Gasteiger partial charge on any atom is -0.326 e. The van der Waals surface area contributed by atoms with E-state index in [0.29, 0.717) is 10.6 Å². The van der Waals surface area contributed by atoms with Gasteiger partial charge in [-0.05, 0) is 38.1 Å². The highest BCUT2D eigenvalue weighted by Gasteiger charge is 2.31. The third-order valence-electron chi connectivity index (χ3n) is 3.73. The van der Waals surface area contributed by atoms with E-state index in [1.54, 1.807) is 12.1 Å². The fraction of sp³-hybridized carbons (Fsp3) is 0.571. The molecule has 2 atom stereocenters. The van der Waals surface area contributed by atoms with Gasteiger partial charge >= 0.3 is 0 Å². The fourth-order valence-electron chi connectivity index (χ4n) is 2.81. The molecule has 0 amide bonds. The van der Waals surface area contributed by atoms with E-state index in [4.69, 9.17) is 17.3 Å². The summed E-state index contributed by atoms with van der Waals surface area (Å²) in [5.41, 5.74) is 6.81. The van der Waals surface area contributed by atoms with Gasteiger partial charge in [0.1, 0.15) is 5.82 Å². The van der Waals surface area contributed by atoms with Gasteiger partial charge in [0, 0.05) is 16.6 Å². The minimum absolute atomic E-state index is 0.0538. The van der Waals surface area contributed by atoms with Crippen molar-refractivity contribution in [1.29, 1.82) is 0 Å². The molecule has 0 aromatic heterocycles. The van der Waals surface area contributed by atoms with Gasteiger partial charge in [-0.2, -0.15) is 0 Å².